The van der Waals surface area contributed by atoms with Crippen LogP contribution in [-0.4, -0.2) is 34.1 Å². The Labute approximate surface area is 119 Å². The van der Waals surface area contributed by atoms with Gasteiger partial charge >= 0.3 is 0 Å². The van der Waals surface area contributed by atoms with Gasteiger partial charge in [-0.15, -0.1) is 0 Å². The van der Waals surface area contributed by atoms with Crippen LogP contribution in [0.4, 0.5) is 5.82 Å². The van der Waals surface area contributed by atoms with E-state index >= 15 is 0 Å². The quantitative estimate of drug-likeness (QED) is 0.831. The fraction of sp³-hybridized carbons (Fsp3) is 0.714. The minimum atomic E-state index is 0.399. The Morgan fingerprint density at radius 2 is 2.21 bits per heavy atom. The molecular formula is C14H23N3OS. The third kappa shape index (κ3) is 4.00. The summed E-state index contributed by atoms with van der Waals surface area (Å²) in [6, 6.07) is 0. The van der Waals surface area contributed by atoms with Gasteiger partial charge in [0.25, 0.3) is 0 Å². The lowest BCUT2D eigenvalue weighted by atomic mass is 9.84. The summed E-state index contributed by atoms with van der Waals surface area (Å²) in [5.74, 6) is 1.90. The molecule has 5 heteroatoms. The normalized spacial score (nSPS) is 17.1. The molecule has 1 saturated carbocycles. The van der Waals surface area contributed by atoms with Crippen molar-refractivity contribution in [3.05, 3.63) is 12.4 Å². The Hall–Kier alpha value is -0.970. The Kier molecular flexibility index (Phi) is 4.91. The first kappa shape index (κ1) is 14.4. The fourth-order valence-corrected chi connectivity index (χ4v) is 2.94. The maximum Gasteiger partial charge on any atom is 0.234 e. The summed E-state index contributed by atoms with van der Waals surface area (Å²) in [5, 5.41) is 3.39. The molecule has 19 heavy (non-hydrogen) atoms. The van der Waals surface area contributed by atoms with Crippen LogP contribution in [0.5, 0.6) is 5.88 Å². The molecule has 1 aliphatic rings. The zero-order chi connectivity index (χ0) is 13.7. The first-order chi connectivity index (χ1) is 9.13. The maximum absolute atomic E-state index is 5.59. The molecule has 0 spiro atoms. The Morgan fingerprint density at radius 3 is 2.79 bits per heavy atom. The van der Waals surface area contributed by atoms with Gasteiger partial charge in [-0.2, -0.15) is 16.7 Å². The Balaban J connectivity index is 1.88. The van der Waals surface area contributed by atoms with Crippen LogP contribution in [-0.2, 0) is 0 Å². The highest BCUT2D eigenvalue weighted by molar-refractivity contribution is 8.00. The SMILES string of the molecule is CSC1(CNc2cncc(OCC(C)C)n2)CCC1. The summed E-state index contributed by atoms with van der Waals surface area (Å²) >= 11 is 1.95. The van der Waals surface area contributed by atoms with Gasteiger partial charge < -0.3 is 10.1 Å². The van der Waals surface area contributed by atoms with E-state index in [0.717, 1.165) is 12.4 Å². The smallest absolute Gasteiger partial charge is 0.234 e. The monoisotopic (exact) mass is 281 g/mol. The van der Waals surface area contributed by atoms with Crippen LogP contribution in [0.3, 0.4) is 0 Å². The Bertz CT molecular complexity index is 402. The zero-order valence-electron chi connectivity index (χ0n) is 12.0. The first-order valence-corrected chi connectivity index (χ1v) is 8.10. The van der Waals surface area contributed by atoms with Gasteiger partial charge in [0.15, 0.2) is 0 Å². The van der Waals surface area contributed by atoms with Gasteiger partial charge in [0.2, 0.25) is 5.88 Å². The summed E-state index contributed by atoms with van der Waals surface area (Å²) in [5.41, 5.74) is 0. The maximum atomic E-state index is 5.59. The van der Waals surface area contributed by atoms with Gasteiger partial charge in [0.05, 0.1) is 19.0 Å². The lowest BCUT2D eigenvalue weighted by Gasteiger charge is -2.40. The molecule has 1 heterocycles. The number of nitrogens with zero attached hydrogens (tertiary/aromatic N) is 2. The third-order valence-electron chi connectivity index (χ3n) is 3.47. The van der Waals surface area contributed by atoms with Crippen molar-refractivity contribution in [2.45, 2.75) is 37.9 Å². The molecule has 1 N–H and O–H groups in total. The summed E-state index contributed by atoms with van der Waals surface area (Å²) in [6.07, 6.45) is 9.53. The largest absolute Gasteiger partial charge is 0.476 e. The van der Waals surface area contributed by atoms with E-state index in [2.05, 4.69) is 35.4 Å². The molecule has 0 atom stereocenters. The van der Waals surface area contributed by atoms with Crippen LogP contribution in [0.1, 0.15) is 33.1 Å². The molecule has 106 valence electrons. The molecule has 0 bridgehead atoms. The molecule has 4 nitrogen and oxygen atoms in total. The van der Waals surface area contributed by atoms with Crippen LogP contribution in [0.2, 0.25) is 0 Å². The van der Waals surface area contributed by atoms with E-state index in [9.17, 15) is 0 Å². The van der Waals surface area contributed by atoms with Crippen molar-refractivity contribution in [3.63, 3.8) is 0 Å². The van der Waals surface area contributed by atoms with Gasteiger partial charge in [0, 0.05) is 11.3 Å². The summed E-state index contributed by atoms with van der Waals surface area (Å²) in [6.45, 7) is 5.87. The number of rotatable bonds is 7. The van der Waals surface area contributed by atoms with Crippen molar-refractivity contribution in [1.82, 2.24) is 9.97 Å². The van der Waals surface area contributed by atoms with Crippen LogP contribution >= 0.6 is 11.8 Å². The molecule has 2 rings (SSSR count). The van der Waals surface area contributed by atoms with Crippen molar-refractivity contribution in [1.29, 1.82) is 0 Å². The van der Waals surface area contributed by atoms with Gasteiger partial charge in [-0.3, -0.25) is 4.98 Å². The molecule has 1 aromatic rings. The van der Waals surface area contributed by atoms with Crippen molar-refractivity contribution < 1.29 is 4.74 Å². The van der Waals surface area contributed by atoms with Crippen molar-refractivity contribution in [3.8, 4) is 5.88 Å². The van der Waals surface area contributed by atoms with Crippen molar-refractivity contribution in [2.75, 3.05) is 24.7 Å². The number of ether oxygens (including phenoxy) is 1. The minimum Gasteiger partial charge on any atom is -0.476 e. The number of nitrogens with one attached hydrogen (secondary N) is 1. The lowest BCUT2D eigenvalue weighted by molar-refractivity contribution is 0.260. The molecule has 0 aliphatic heterocycles. The molecular weight excluding hydrogens is 258 g/mol. The molecule has 1 fully saturated rings. The van der Waals surface area contributed by atoms with Crippen LogP contribution in [0.15, 0.2) is 12.4 Å². The van der Waals surface area contributed by atoms with E-state index in [-0.39, 0.29) is 0 Å². The van der Waals surface area contributed by atoms with E-state index in [0.29, 0.717) is 23.2 Å². The first-order valence-electron chi connectivity index (χ1n) is 6.87. The molecule has 0 radical (unpaired) electrons. The van der Waals surface area contributed by atoms with E-state index in [1.54, 1.807) is 12.4 Å². The molecule has 0 saturated heterocycles. The second-order valence-corrected chi connectivity index (χ2v) is 6.82. The third-order valence-corrected chi connectivity index (χ3v) is 4.89. The average molecular weight is 281 g/mol. The van der Waals surface area contributed by atoms with E-state index in [1.807, 2.05) is 11.8 Å². The van der Waals surface area contributed by atoms with E-state index < -0.39 is 0 Å². The van der Waals surface area contributed by atoms with Crippen LogP contribution < -0.4 is 10.1 Å². The molecule has 1 aromatic heterocycles. The predicted molar refractivity (Wildman–Crippen MR) is 81.0 cm³/mol. The number of hydrogen-bond donors (Lipinski definition) is 1. The molecule has 0 unspecified atom stereocenters. The van der Waals surface area contributed by atoms with Crippen LogP contribution in [0, 0.1) is 5.92 Å². The topological polar surface area (TPSA) is 47.0 Å². The van der Waals surface area contributed by atoms with E-state index in [1.165, 1.54) is 19.3 Å². The standard InChI is InChI=1S/C14H23N3OS/c1-11(2)9-18-13-8-15-7-12(17-13)16-10-14(19-3)5-4-6-14/h7-8,11H,4-6,9-10H2,1-3H3,(H,16,17). The van der Waals surface area contributed by atoms with Crippen molar-refractivity contribution >= 4 is 17.6 Å². The van der Waals surface area contributed by atoms with E-state index in [4.69, 9.17) is 4.74 Å². The average Bonchev–Trinajstić information content (AvgIpc) is 2.36. The summed E-state index contributed by atoms with van der Waals surface area (Å²) in [7, 11) is 0. The second kappa shape index (κ2) is 6.46. The Morgan fingerprint density at radius 1 is 1.42 bits per heavy atom. The molecule has 0 aromatic carbocycles. The van der Waals surface area contributed by atoms with Gasteiger partial charge in [-0.25, -0.2) is 0 Å². The predicted octanol–water partition coefficient (Wildman–Crippen LogP) is 3.21. The minimum absolute atomic E-state index is 0.399. The van der Waals surface area contributed by atoms with Gasteiger partial charge in [0.1, 0.15) is 5.82 Å². The molecule has 1 aliphatic carbocycles. The lowest BCUT2D eigenvalue weighted by Crippen LogP contribution is -2.40. The highest BCUT2D eigenvalue weighted by Crippen LogP contribution is 2.42. The number of aromatic nitrogens is 2. The second-order valence-electron chi connectivity index (χ2n) is 5.54. The fourth-order valence-electron chi connectivity index (χ4n) is 2.03. The number of thioether (sulfide) groups is 1. The van der Waals surface area contributed by atoms with Gasteiger partial charge in [-0.05, 0) is 25.0 Å². The van der Waals surface area contributed by atoms with Gasteiger partial charge in [-0.1, -0.05) is 20.3 Å². The summed E-state index contributed by atoms with van der Waals surface area (Å²) < 4.78 is 5.99. The van der Waals surface area contributed by atoms with Crippen LogP contribution in [0.25, 0.3) is 0 Å². The number of hydrogen-bond acceptors (Lipinski definition) is 5. The molecule has 0 amide bonds. The highest BCUT2D eigenvalue weighted by Gasteiger charge is 2.35. The zero-order valence-corrected chi connectivity index (χ0v) is 12.8. The highest BCUT2D eigenvalue weighted by atomic mass is 32.2. The number of anilines is 1. The van der Waals surface area contributed by atoms with Crippen molar-refractivity contribution in [2.24, 2.45) is 5.92 Å². The summed E-state index contributed by atoms with van der Waals surface area (Å²) in [4.78, 5) is 8.61.